The van der Waals surface area contributed by atoms with E-state index in [0.717, 1.165) is 24.0 Å². The lowest BCUT2D eigenvalue weighted by molar-refractivity contribution is 0.0627. The van der Waals surface area contributed by atoms with Gasteiger partial charge in [-0.25, -0.2) is 9.78 Å². The monoisotopic (exact) mass is 377 g/mol. The number of aromatic nitrogens is 1. The van der Waals surface area contributed by atoms with E-state index < -0.39 is 5.97 Å². The molecule has 6 nitrogen and oxygen atoms in total. The molecule has 3 fully saturated rings. The number of esters is 1. The summed E-state index contributed by atoms with van der Waals surface area (Å²) in [5.74, 6) is 2.80. The molecule has 0 bridgehead atoms. The van der Waals surface area contributed by atoms with Crippen LogP contribution in [-0.4, -0.2) is 23.5 Å². The quantitative estimate of drug-likeness (QED) is 0.772. The first-order chi connectivity index (χ1) is 13.8. The van der Waals surface area contributed by atoms with Crippen molar-refractivity contribution in [3.63, 3.8) is 0 Å². The summed E-state index contributed by atoms with van der Waals surface area (Å²) in [5, 5.41) is 0. The minimum Gasteiger partial charge on any atom is -0.451 e. The number of hydrogen-bond donors (Lipinski definition) is 2. The lowest BCUT2D eigenvalue weighted by atomic mass is 9.59. The predicted molar refractivity (Wildman–Crippen MR) is 102 cm³/mol. The van der Waals surface area contributed by atoms with E-state index in [1.54, 1.807) is 5.57 Å². The van der Waals surface area contributed by atoms with Gasteiger partial charge in [0.1, 0.15) is 12.0 Å². The van der Waals surface area contributed by atoms with Crippen molar-refractivity contribution in [3.05, 3.63) is 65.1 Å². The molecule has 0 amide bonds. The van der Waals surface area contributed by atoms with Crippen LogP contribution in [0, 0.1) is 23.7 Å². The molecule has 6 heteroatoms. The summed E-state index contributed by atoms with van der Waals surface area (Å²) in [4.78, 5) is 16.1. The number of carbonyl (C=O) groups excluding carboxylic acids is 1. The molecule has 6 rings (SSSR count). The number of carbonyl (C=O) groups is 1. The number of ether oxygens (including phenoxy) is 1. The predicted octanol–water partition coefficient (Wildman–Crippen LogP) is 3.05. The number of fused-ring (bicyclic) bond motifs is 6. The van der Waals surface area contributed by atoms with Crippen LogP contribution < -0.4 is 10.9 Å². The number of hydrogen-bond acceptors (Lipinski definition) is 6. The minimum atomic E-state index is -0.478. The highest BCUT2D eigenvalue weighted by Crippen LogP contribution is 2.53. The summed E-state index contributed by atoms with van der Waals surface area (Å²) in [6.07, 6.45) is 16.1. The van der Waals surface area contributed by atoms with Crippen LogP contribution in [0.1, 0.15) is 36.2 Å². The van der Waals surface area contributed by atoms with E-state index in [1.165, 1.54) is 43.9 Å². The van der Waals surface area contributed by atoms with Gasteiger partial charge in [-0.1, -0.05) is 23.8 Å². The Labute approximate surface area is 163 Å². The maximum Gasteiger partial charge on any atom is 0.365 e. The minimum absolute atomic E-state index is 0.193. The van der Waals surface area contributed by atoms with Gasteiger partial charge in [-0.05, 0) is 55.1 Å². The van der Waals surface area contributed by atoms with E-state index >= 15 is 0 Å². The molecule has 2 N–H and O–H groups in total. The summed E-state index contributed by atoms with van der Waals surface area (Å²) >= 11 is 0. The Morgan fingerprint density at radius 2 is 2.11 bits per heavy atom. The number of nitrogens with zero attached hydrogens (tertiary/aromatic N) is 1. The van der Waals surface area contributed by atoms with Crippen molar-refractivity contribution in [1.82, 2.24) is 15.8 Å². The van der Waals surface area contributed by atoms with Gasteiger partial charge in [-0.15, -0.1) is 0 Å². The zero-order valence-electron chi connectivity index (χ0n) is 15.6. The molecular weight excluding hydrogens is 354 g/mol. The Bertz CT molecular complexity index is 940. The Morgan fingerprint density at radius 3 is 3.00 bits per heavy atom. The second-order valence-corrected chi connectivity index (χ2v) is 8.52. The molecule has 0 aromatic carbocycles. The van der Waals surface area contributed by atoms with Gasteiger partial charge in [0.05, 0.1) is 0 Å². The van der Waals surface area contributed by atoms with E-state index in [1.807, 2.05) is 6.08 Å². The maximum atomic E-state index is 12.2. The molecule has 2 saturated carbocycles. The summed E-state index contributed by atoms with van der Waals surface area (Å²) in [6.45, 7) is 1.08. The third-order valence-electron chi connectivity index (χ3n) is 7.21. The molecule has 4 aliphatic carbocycles. The average molecular weight is 377 g/mol. The molecule has 2 heterocycles. The molecule has 5 unspecified atom stereocenters. The van der Waals surface area contributed by atoms with Gasteiger partial charge in [-0.3, -0.25) is 10.9 Å². The lowest BCUT2D eigenvalue weighted by Crippen LogP contribution is -2.43. The van der Waals surface area contributed by atoms with Crippen LogP contribution in [0.2, 0.25) is 0 Å². The van der Waals surface area contributed by atoms with Crippen molar-refractivity contribution in [3.8, 4) is 0 Å². The van der Waals surface area contributed by atoms with Crippen molar-refractivity contribution < 1.29 is 13.9 Å². The average Bonchev–Trinajstić information content (AvgIpc) is 3.46. The third kappa shape index (κ3) is 2.48. The molecule has 5 atom stereocenters. The topological polar surface area (TPSA) is 76.4 Å². The lowest BCUT2D eigenvalue weighted by Gasteiger charge is -2.46. The standard InChI is InChI=1S/C22H23N3O3/c26-22(20-10-27-11-23-20)28-21-6-5-15-14-2-1-12-8-19-13(9-24-25-19)7-18(12)16(14)3-4-17(15)21/h3-6,10-14,18-19,24-25H,1-2,7-9H2. The van der Waals surface area contributed by atoms with Gasteiger partial charge < -0.3 is 9.15 Å². The van der Waals surface area contributed by atoms with E-state index in [9.17, 15) is 4.79 Å². The first-order valence-corrected chi connectivity index (χ1v) is 10.2. The van der Waals surface area contributed by atoms with Gasteiger partial charge in [0.2, 0.25) is 0 Å². The van der Waals surface area contributed by atoms with Crippen molar-refractivity contribution in [1.29, 1.82) is 0 Å². The van der Waals surface area contributed by atoms with Crippen LogP contribution in [0.25, 0.3) is 0 Å². The fraction of sp³-hybridized carbons (Fsp3) is 0.455. The van der Waals surface area contributed by atoms with E-state index in [-0.39, 0.29) is 5.69 Å². The van der Waals surface area contributed by atoms with Crippen molar-refractivity contribution in [2.24, 2.45) is 23.7 Å². The third-order valence-corrected chi connectivity index (χ3v) is 7.21. The van der Waals surface area contributed by atoms with E-state index in [2.05, 4.69) is 34.1 Å². The molecule has 1 aromatic rings. The zero-order chi connectivity index (χ0) is 18.7. The Balaban J connectivity index is 1.25. The number of rotatable bonds is 2. The molecular formula is C22H23N3O3. The van der Waals surface area contributed by atoms with Gasteiger partial charge in [0.15, 0.2) is 12.1 Å². The van der Waals surface area contributed by atoms with Crippen molar-refractivity contribution in [2.45, 2.75) is 31.7 Å². The molecule has 1 saturated heterocycles. The molecule has 5 aliphatic rings. The van der Waals surface area contributed by atoms with Crippen LogP contribution in [-0.2, 0) is 4.74 Å². The largest absolute Gasteiger partial charge is 0.451 e. The summed E-state index contributed by atoms with van der Waals surface area (Å²) in [5.41, 5.74) is 11.0. The van der Waals surface area contributed by atoms with Crippen LogP contribution in [0.5, 0.6) is 0 Å². The molecule has 144 valence electrons. The second kappa shape index (κ2) is 6.29. The zero-order valence-corrected chi connectivity index (χ0v) is 15.6. The van der Waals surface area contributed by atoms with Gasteiger partial charge >= 0.3 is 5.97 Å². The first kappa shape index (κ1) is 16.5. The molecule has 0 radical (unpaired) electrons. The summed E-state index contributed by atoms with van der Waals surface area (Å²) in [7, 11) is 0. The molecule has 1 aliphatic heterocycles. The van der Waals surface area contributed by atoms with Crippen molar-refractivity contribution in [2.75, 3.05) is 6.54 Å². The second-order valence-electron chi connectivity index (χ2n) is 8.52. The Hall–Kier alpha value is -2.44. The fourth-order valence-corrected chi connectivity index (χ4v) is 5.90. The summed E-state index contributed by atoms with van der Waals surface area (Å²) < 4.78 is 10.5. The van der Waals surface area contributed by atoms with E-state index in [0.29, 0.717) is 23.6 Å². The Morgan fingerprint density at radius 1 is 1.14 bits per heavy atom. The van der Waals surface area contributed by atoms with Gasteiger partial charge in [-0.2, -0.15) is 0 Å². The smallest absolute Gasteiger partial charge is 0.365 e. The number of oxazole rings is 1. The summed E-state index contributed by atoms with van der Waals surface area (Å²) in [6, 6.07) is 0.642. The van der Waals surface area contributed by atoms with Gasteiger partial charge in [0.25, 0.3) is 0 Å². The molecule has 0 spiro atoms. The molecule has 1 aromatic heterocycles. The highest BCUT2D eigenvalue weighted by molar-refractivity contribution is 5.88. The molecule has 28 heavy (non-hydrogen) atoms. The number of allylic oxidation sites excluding steroid dienone is 6. The van der Waals surface area contributed by atoms with Crippen LogP contribution >= 0.6 is 0 Å². The van der Waals surface area contributed by atoms with Crippen molar-refractivity contribution >= 4 is 5.97 Å². The first-order valence-electron chi connectivity index (χ1n) is 10.2. The van der Waals surface area contributed by atoms with Crippen LogP contribution in [0.3, 0.4) is 0 Å². The Kier molecular flexibility index (Phi) is 3.71. The maximum absolute atomic E-state index is 12.2. The van der Waals surface area contributed by atoms with Gasteiger partial charge in [0, 0.05) is 24.1 Å². The van der Waals surface area contributed by atoms with E-state index in [4.69, 9.17) is 9.15 Å². The normalized spacial score (nSPS) is 35.5. The number of nitrogens with one attached hydrogen (secondary N) is 2. The highest BCUT2D eigenvalue weighted by atomic mass is 16.5. The van der Waals surface area contributed by atoms with Crippen LogP contribution in [0.15, 0.2) is 63.9 Å². The fourth-order valence-electron chi connectivity index (χ4n) is 5.90. The SMILES string of the molecule is O=C(OC1=CC=C2C1=CC=C1C2CCC2CC3NNCC3CC12)c1cocn1. The van der Waals surface area contributed by atoms with Crippen LogP contribution in [0.4, 0.5) is 0 Å². The number of hydrazine groups is 1. The highest BCUT2D eigenvalue weighted by Gasteiger charge is 2.46.